The fourth-order valence-electron chi connectivity index (χ4n) is 2.50. The van der Waals surface area contributed by atoms with Crippen molar-refractivity contribution in [2.45, 2.75) is 6.42 Å². The molecule has 108 valence electrons. The van der Waals surface area contributed by atoms with Crippen molar-refractivity contribution in [1.29, 1.82) is 0 Å². The summed E-state index contributed by atoms with van der Waals surface area (Å²) in [7, 11) is 1.58. The van der Waals surface area contributed by atoms with Crippen LogP contribution in [0.1, 0.15) is 11.2 Å². The number of carbonyl (C=O) groups is 2. The topological polar surface area (TPSA) is 64.4 Å². The maximum absolute atomic E-state index is 12.3. The molecule has 0 saturated carbocycles. The van der Waals surface area contributed by atoms with Gasteiger partial charge in [0.25, 0.3) is 0 Å². The molecule has 1 aromatic carbocycles. The second-order valence-corrected chi connectivity index (χ2v) is 4.92. The first-order valence-corrected chi connectivity index (χ1v) is 6.65. The summed E-state index contributed by atoms with van der Waals surface area (Å²) in [5.74, 6) is 0.176. The Labute approximate surface area is 122 Å². The third-order valence-corrected chi connectivity index (χ3v) is 3.60. The van der Waals surface area contributed by atoms with E-state index < -0.39 is 0 Å². The zero-order chi connectivity index (χ0) is 14.8. The Morgan fingerprint density at radius 1 is 1.43 bits per heavy atom. The predicted molar refractivity (Wildman–Crippen MR) is 76.3 cm³/mol. The van der Waals surface area contributed by atoms with Crippen LogP contribution in [0.15, 0.2) is 43.0 Å². The Bertz CT molecular complexity index is 667. The van der Waals surface area contributed by atoms with Crippen LogP contribution in [0.25, 0.3) is 0 Å². The van der Waals surface area contributed by atoms with E-state index in [1.807, 2.05) is 18.2 Å². The molecule has 1 fully saturated rings. The molecule has 0 aliphatic carbocycles. The number of ether oxygens (including phenoxy) is 1. The molecule has 6 heteroatoms. The molecule has 1 saturated heterocycles. The highest BCUT2D eigenvalue weighted by molar-refractivity contribution is 6.00. The summed E-state index contributed by atoms with van der Waals surface area (Å²) in [6, 6.07) is 7.27. The molecule has 1 aliphatic rings. The smallest absolute Gasteiger partial charge is 0.237 e. The lowest BCUT2D eigenvalue weighted by atomic mass is 10.1. The van der Waals surface area contributed by atoms with Crippen LogP contribution in [-0.4, -0.2) is 35.0 Å². The molecule has 21 heavy (non-hydrogen) atoms. The molecule has 0 radical (unpaired) electrons. The standard InChI is InChI=1S/C15H15N3O3/c1-21-13-4-2-3-12(8-13)18-9-11(7-14(18)19)15(20)17-6-5-16-10-17/h2-6,8,10-11H,7,9H2,1H3. The molecule has 1 aromatic heterocycles. The minimum atomic E-state index is -0.349. The van der Waals surface area contributed by atoms with Gasteiger partial charge in [-0.3, -0.25) is 14.2 Å². The monoisotopic (exact) mass is 285 g/mol. The second-order valence-electron chi connectivity index (χ2n) is 4.92. The maximum Gasteiger partial charge on any atom is 0.237 e. The number of rotatable bonds is 3. The minimum Gasteiger partial charge on any atom is -0.497 e. The van der Waals surface area contributed by atoms with E-state index in [2.05, 4.69) is 4.98 Å². The van der Waals surface area contributed by atoms with Crippen LogP contribution in [0, 0.1) is 5.92 Å². The van der Waals surface area contributed by atoms with Crippen LogP contribution >= 0.6 is 0 Å². The summed E-state index contributed by atoms with van der Waals surface area (Å²) >= 11 is 0. The number of anilines is 1. The molecule has 3 rings (SSSR count). The lowest BCUT2D eigenvalue weighted by Crippen LogP contribution is -2.27. The highest BCUT2D eigenvalue weighted by Crippen LogP contribution is 2.28. The van der Waals surface area contributed by atoms with Crippen LogP contribution in [0.3, 0.4) is 0 Å². The number of imidazole rings is 1. The van der Waals surface area contributed by atoms with E-state index in [0.29, 0.717) is 12.3 Å². The van der Waals surface area contributed by atoms with Crippen molar-refractivity contribution in [1.82, 2.24) is 9.55 Å². The number of benzene rings is 1. The van der Waals surface area contributed by atoms with Gasteiger partial charge < -0.3 is 9.64 Å². The van der Waals surface area contributed by atoms with Gasteiger partial charge in [-0.1, -0.05) is 6.07 Å². The second kappa shape index (κ2) is 5.40. The highest BCUT2D eigenvalue weighted by Gasteiger charge is 2.35. The van der Waals surface area contributed by atoms with Crippen molar-refractivity contribution in [2.24, 2.45) is 5.92 Å². The van der Waals surface area contributed by atoms with E-state index in [-0.39, 0.29) is 24.2 Å². The fourth-order valence-corrected chi connectivity index (χ4v) is 2.50. The molecule has 2 aromatic rings. The normalized spacial score (nSPS) is 18.0. The molecular weight excluding hydrogens is 270 g/mol. The molecule has 2 heterocycles. The molecule has 1 amide bonds. The van der Waals surface area contributed by atoms with Gasteiger partial charge in [-0.15, -0.1) is 0 Å². The van der Waals surface area contributed by atoms with Crippen molar-refractivity contribution in [3.63, 3.8) is 0 Å². The summed E-state index contributed by atoms with van der Waals surface area (Å²) < 4.78 is 6.59. The fraction of sp³-hybridized carbons (Fsp3) is 0.267. The summed E-state index contributed by atoms with van der Waals surface area (Å²) in [6.45, 7) is 0.378. The average molecular weight is 285 g/mol. The van der Waals surface area contributed by atoms with Crippen molar-refractivity contribution in [3.05, 3.63) is 43.0 Å². The third-order valence-electron chi connectivity index (χ3n) is 3.60. The van der Waals surface area contributed by atoms with Crippen molar-refractivity contribution in [3.8, 4) is 5.75 Å². The molecule has 6 nitrogen and oxygen atoms in total. The lowest BCUT2D eigenvalue weighted by Gasteiger charge is -2.17. The van der Waals surface area contributed by atoms with Crippen molar-refractivity contribution in [2.75, 3.05) is 18.6 Å². The van der Waals surface area contributed by atoms with Crippen LogP contribution in [0.2, 0.25) is 0 Å². The zero-order valence-electron chi connectivity index (χ0n) is 11.6. The van der Waals surface area contributed by atoms with E-state index in [0.717, 1.165) is 5.69 Å². The molecule has 1 unspecified atom stereocenters. The number of nitrogens with zero attached hydrogens (tertiary/aromatic N) is 3. The molecule has 0 N–H and O–H groups in total. The number of aromatic nitrogens is 2. The van der Waals surface area contributed by atoms with Gasteiger partial charge in [0.05, 0.1) is 13.0 Å². The van der Waals surface area contributed by atoms with Gasteiger partial charge >= 0.3 is 0 Å². The van der Waals surface area contributed by atoms with E-state index >= 15 is 0 Å². The van der Waals surface area contributed by atoms with E-state index in [1.54, 1.807) is 30.5 Å². The van der Waals surface area contributed by atoms with E-state index in [9.17, 15) is 9.59 Å². The predicted octanol–water partition coefficient (Wildman–Crippen LogP) is 1.58. The van der Waals surface area contributed by atoms with Gasteiger partial charge in [0.15, 0.2) is 0 Å². The van der Waals surface area contributed by atoms with Crippen molar-refractivity contribution < 1.29 is 14.3 Å². The number of amides is 1. The number of carbonyl (C=O) groups excluding carboxylic acids is 2. The number of hydrogen-bond acceptors (Lipinski definition) is 4. The van der Waals surface area contributed by atoms with Gasteiger partial charge in [-0.2, -0.15) is 0 Å². The first kappa shape index (κ1) is 13.4. The summed E-state index contributed by atoms with van der Waals surface area (Å²) in [6.07, 6.45) is 4.82. The Hall–Kier alpha value is -2.63. The van der Waals surface area contributed by atoms with Crippen LogP contribution in [-0.2, 0) is 4.79 Å². The van der Waals surface area contributed by atoms with Gasteiger partial charge in [-0.25, -0.2) is 4.98 Å². The van der Waals surface area contributed by atoms with Gasteiger partial charge in [0, 0.05) is 37.1 Å². The molecule has 0 spiro atoms. The average Bonchev–Trinajstić information content (AvgIpc) is 3.16. The van der Waals surface area contributed by atoms with Crippen LogP contribution in [0.5, 0.6) is 5.75 Å². The molecular formula is C15H15N3O3. The summed E-state index contributed by atoms with van der Waals surface area (Å²) in [5, 5.41) is 0. The summed E-state index contributed by atoms with van der Waals surface area (Å²) in [4.78, 5) is 29.9. The first-order chi connectivity index (χ1) is 10.2. The van der Waals surface area contributed by atoms with Crippen LogP contribution in [0.4, 0.5) is 5.69 Å². The maximum atomic E-state index is 12.3. The van der Waals surface area contributed by atoms with E-state index in [1.165, 1.54) is 10.9 Å². The third kappa shape index (κ3) is 2.52. The number of hydrogen-bond donors (Lipinski definition) is 0. The largest absolute Gasteiger partial charge is 0.497 e. The van der Waals surface area contributed by atoms with Crippen LogP contribution < -0.4 is 9.64 Å². The first-order valence-electron chi connectivity index (χ1n) is 6.65. The Balaban J connectivity index is 1.80. The van der Waals surface area contributed by atoms with E-state index in [4.69, 9.17) is 4.74 Å². The summed E-state index contributed by atoms with van der Waals surface area (Å²) in [5.41, 5.74) is 0.750. The van der Waals surface area contributed by atoms with Gasteiger partial charge in [0.2, 0.25) is 11.8 Å². The molecule has 0 bridgehead atoms. The Morgan fingerprint density at radius 2 is 2.29 bits per heavy atom. The quantitative estimate of drug-likeness (QED) is 0.859. The molecule has 1 atom stereocenters. The highest BCUT2D eigenvalue weighted by atomic mass is 16.5. The van der Waals surface area contributed by atoms with Gasteiger partial charge in [-0.05, 0) is 12.1 Å². The van der Waals surface area contributed by atoms with Crippen molar-refractivity contribution >= 4 is 17.5 Å². The minimum absolute atomic E-state index is 0.0540. The Morgan fingerprint density at radius 3 is 3.00 bits per heavy atom. The SMILES string of the molecule is COc1cccc(N2CC(C(=O)n3ccnc3)CC2=O)c1. The van der Waals surface area contributed by atoms with Gasteiger partial charge in [0.1, 0.15) is 12.1 Å². The molecule has 1 aliphatic heterocycles. The Kier molecular flexibility index (Phi) is 3.43. The number of methoxy groups -OCH3 is 1. The zero-order valence-corrected chi connectivity index (χ0v) is 11.6. The lowest BCUT2D eigenvalue weighted by molar-refractivity contribution is -0.117.